The van der Waals surface area contributed by atoms with E-state index in [-0.39, 0.29) is 18.0 Å². The number of aromatic nitrogens is 2. The second-order valence-corrected chi connectivity index (χ2v) is 10.9. The summed E-state index contributed by atoms with van der Waals surface area (Å²) >= 11 is 0. The Labute approximate surface area is 192 Å². The summed E-state index contributed by atoms with van der Waals surface area (Å²) in [6.07, 6.45) is 5.39. The molecule has 1 unspecified atom stereocenters. The molecular formula is C23H33N5O3S. The van der Waals surface area contributed by atoms with Crippen molar-refractivity contribution < 1.29 is 13.5 Å². The summed E-state index contributed by atoms with van der Waals surface area (Å²) in [5, 5.41) is 6.99. The van der Waals surface area contributed by atoms with Gasteiger partial charge in [-0.3, -0.25) is 4.79 Å². The van der Waals surface area contributed by atoms with E-state index in [4.69, 9.17) is 4.52 Å². The zero-order chi connectivity index (χ0) is 22.8. The van der Waals surface area contributed by atoms with Gasteiger partial charge in [0.05, 0.1) is 4.90 Å². The SMILES string of the molecule is CC(C)CN(C)c1ccc(S(=O)N2CC[C@@H](NC(=O)c3cc(C4CC4)on3)C[C@@H]2C)cn1. The molecule has 1 aliphatic carbocycles. The molecule has 4 rings (SSSR count). The number of carbonyl (C=O) groups excluding carboxylic acids is 1. The molecule has 2 aromatic rings. The molecule has 2 fully saturated rings. The largest absolute Gasteiger partial charge is 0.360 e. The summed E-state index contributed by atoms with van der Waals surface area (Å²) in [7, 11) is 0.741. The summed E-state index contributed by atoms with van der Waals surface area (Å²) < 4.78 is 20.4. The van der Waals surface area contributed by atoms with E-state index in [0.29, 0.717) is 29.0 Å². The number of piperidine rings is 1. The molecule has 1 saturated heterocycles. The van der Waals surface area contributed by atoms with Crippen molar-refractivity contribution in [2.24, 2.45) is 5.92 Å². The highest BCUT2D eigenvalue weighted by Crippen LogP contribution is 2.40. The molecule has 2 aliphatic rings. The quantitative estimate of drug-likeness (QED) is 0.651. The van der Waals surface area contributed by atoms with Crippen molar-refractivity contribution in [3.05, 3.63) is 35.9 Å². The number of hydrogen-bond donors (Lipinski definition) is 1. The van der Waals surface area contributed by atoms with Gasteiger partial charge in [0, 0.05) is 50.4 Å². The monoisotopic (exact) mass is 459 g/mol. The van der Waals surface area contributed by atoms with Crippen LogP contribution in [0, 0.1) is 5.92 Å². The van der Waals surface area contributed by atoms with Gasteiger partial charge in [-0.15, -0.1) is 0 Å². The van der Waals surface area contributed by atoms with Crippen molar-refractivity contribution >= 4 is 22.7 Å². The van der Waals surface area contributed by atoms with Gasteiger partial charge >= 0.3 is 0 Å². The molecule has 2 aromatic heterocycles. The van der Waals surface area contributed by atoms with E-state index in [1.165, 1.54) is 0 Å². The van der Waals surface area contributed by atoms with E-state index >= 15 is 0 Å². The number of anilines is 1. The van der Waals surface area contributed by atoms with Crippen molar-refractivity contribution in [1.29, 1.82) is 0 Å². The summed E-state index contributed by atoms with van der Waals surface area (Å²) in [5.74, 6) is 2.47. The highest BCUT2D eigenvalue weighted by molar-refractivity contribution is 7.82. The van der Waals surface area contributed by atoms with Crippen molar-refractivity contribution in [2.45, 2.75) is 69.4 Å². The Morgan fingerprint density at radius 3 is 2.75 bits per heavy atom. The lowest BCUT2D eigenvalue weighted by Crippen LogP contribution is -2.49. The van der Waals surface area contributed by atoms with Crippen molar-refractivity contribution in [1.82, 2.24) is 19.8 Å². The molecule has 0 aromatic carbocycles. The number of carbonyl (C=O) groups is 1. The van der Waals surface area contributed by atoms with Gasteiger partial charge in [0.25, 0.3) is 5.91 Å². The Balaban J connectivity index is 1.31. The minimum atomic E-state index is -1.28. The Hall–Kier alpha value is -2.26. The van der Waals surface area contributed by atoms with Crippen LogP contribution in [0.2, 0.25) is 0 Å². The number of hydrogen-bond acceptors (Lipinski definition) is 6. The van der Waals surface area contributed by atoms with Crippen molar-refractivity contribution in [3.8, 4) is 0 Å². The highest BCUT2D eigenvalue weighted by atomic mass is 32.2. The Kier molecular flexibility index (Phi) is 6.95. The lowest BCUT2D eigenvalue weighted by Gasteiger charge is -2.36. The third kappa shape index (κ3) is 5.38. The summed E-state index contributed by atoms with van der Waals surface area (Å²) in [6.45, 7) is 7.95. The van der Waals surface area contributed by atoms with Crippen LogP contribution in [0.4, 0.5) is 5.82 Å². The zero-order valence-corrected chi connectivity index (χ0v) is 20.1. The first-order valence-electron chi connectivity index (χ1n) is 11.4. The van der Waals surface area contributed by atoms with E-state index in [2.05, 4.69) is 41.1 Å². The highest BCUT2D eigenvalue weighted by Gasteiger charge is 2.32. The number of pyridine rings is 1. The summed E-state index contributed by atoms with van der Waals surface area (Å²) in [6, 6.07) is 5.68. The molecule has 1 amide bonds. The molecule has 174 valence electrons. The van der Waals surface area contributed by atoms with Crippen LogP contribution in [-0.2, 0) is 11.0 Å². The molecule has 1 aliphatic heterocycles. The smallest absolute Gasteiger partial charge is 0.273 e. The predicted molar refractivity (Wildman–Crippen MR) is 124 cm³/mol. The molecule has 9 heteroatoms. The lowest BCUT2D eigenvalue weighted by atomic mass is 10.0. The van der Waals surface area contributed by atoms with Gasteiger partial charge in [0.15, 0.2) is 5.69 Å². The second kappa shape index (κ2) is 9.70. The number of nitrogens with zero attached hydrogens (tertiary/aromatic N) is 4. The minimum Gasteiger partial charge on any atom is -0.360 e. The van der Waals surface area contributed by atoms with E-state index in [0.717, 1.165) is 43.8 Å². The topological polar surface area (TPSA) is 91.6 Å². The Morgan fingerprint density at radius 1 is 1.34 bits per heavy atom. The maximum Gasteiger partial charge on any atom is 0.273 e. The third-order valence-electron chi connectivity index (χ3n) is 6.06. The van der Waals surface area contributed by atoms with Gasteiger partial charge in [-0.05, 0) is 50.7 Å². The molecule has 0 spiro atoms. The van der Waals surface area contributed by atoms with Gasteiger partial charge in [-0.1, -0.05) is 19.0 Å². The van der Waals surface area contributed by atoms with Crippen LogP contribution in [-0.4, -0.2) is 56.8 Å². The standard InChI is InChI=1S/C23H33N5O3S/c1-15(2)14-27(4)22-8-7-19(13-24-22)32(30)28-10-9-18(11-16(28)3)25-23(29)20-12-21(31-26-20)17-5-6-17/h7-8,12-13,15-18H,5-6,9-11,14H2,1-4H3,(H,25,29)/t16-,18+,32?/m0/s1. The number of rotatable bonds is 8. The Bertz CT molecular complexity index is 957. The molecule has 3 heterocycles. The van der Waals surface area contributed by atoms with Gasteiger partial charge in [-0.2, -0.15) is 0 Å². The average molecular weight is 460 g/mol. The molecule has 8 nitrogen and oxygen atoms in total. The Morgan fingerprint density at radius 2 is 2.12 bits per heavy atom. The zero-order valence-electron chi connectivity index (χ0n) is 19.3. The van der Waals surface area contributed by atoms with Crippen LogP contribution in [0.5, 0.6) is 0 Å². The van der Waals surface area contributed by atoms with E-state index in [1.807, 2.05) is 23.5 Å². The third-order valence-corrected chi connectivity index (χ3v) is 7.67. The fraction of sp³-hybridized carbons (Fsp3) is 0.609. The van der Waals surface area contributed by atoms with Crippen LogP contribution in [0.3, 0.4) is 0 Å². The number of nitrogens with one attached hydrogen (secondary N) is 1. The van der Waals surface area contributed by atoms with Crippen LogP contribution >= 0.6 is 0 Å². The van der Waals surface area contributed by atoms with E-state index < -0.39 is 11.0 Å². The van der Waals surface area contributed by atoms with Gasteiger partial charge in [0.2, 0.25) is 0 Å². The fourth-order valence-corrected chi connectivity index (χ4v) is 5.50. The molecule has 0 radical (unpaired) electrons. The van der Waals surface area contributed by atoms with Gasteiger partial charge in [0.1, 0.15) is 22.6 Å². The summed E-state index contributed by atoms with van der Waals surface area (Å²) in [4.78, 5) is 19.9. The molecule has 1 saturated carbocycles. The molecule has 3 atom stereocenters. The second-order valence-electron chi connectivity index (χ2n) is 9.45. The first kappa shape index (κ1) is 22.9. The van der Waals surface area contributed by atoms with Crippen LogP contribution < -0.4 is 10.2 Å². The first-order chi connectivity index (χ1) is 15.3. The average Bonchev–Trinajstić information content (AvgIpc) is 3.49. The van der Waals surface area contributed by atoms with Crippen LogP contribution in [0.1, 0.15) is 68.6 Å². The first-order valence-corrected chi connectivity index (χ1v) is 12.6. The summed E-state index contributed by atoms with van der Waals surface area (Å²) in [5.41, 5.74) is 0.346. The predicted octanol–water partition coefficient (Wildman–Crippen LogP) is 3.34. The van der Waals surface area contributed by atoms with Gasteiger partial charge < -0.3 is 14.7 Å². The normalized spacial score (nSPS) is 22.7. The minimum absolute atomic E-state index is 0.0250. The molecule has 0 bridgehead atoms. The maximum atomic E-state index is 13.2. The van der Waals surface area contributed by atoms with Crippen LogP contribution in [0.25, 0.3) is 0 Å². The number of amides is 1. The molecule has 1 N–H and O–H groups in total. The lowest BCUT2D eigenvalue weighted by molar-refractivity contribution is 0.0906. The van der Waals surface area contributed by atoms with E-state index in [1.54, 1.807) is 12.3 Å². The van der Waals surface area contributed by atoms with Crippen LogP contribution in [0.15, 0.2) is 33.8 Å². The van der Waals surface area contributed by atoms with E-state index in [9.17, 15) is 9.00 Å². The fourth-order valence-electron chi connectivity index (χ4n) is 4.22. The molecular weight excluding hydrogens is 426 g/mol. The van der Waals surface area contributed by atoms with Crippen molar-refractivity contribution in [3.63, 3.8) is 0 Å². The van der Waals surface area contributed by atoms with Crippen molar-refractivity contribution in [2.75, 3.05) is 25.0 Å². The van der Waals surface area contributed by atoms with Gasteiger partial charge in [-0.25, -0.2) is 13.5 Å². The maximum absolute atomic E-state index is 13.2. The molecule has 32 heavy (non-hydrogen) atoms.